The molecule has 0 aromatic heterocycles. The fourth-order valence-corrected chi connectivity index (χ4v) is 2.50. The highest BCUT2D eigenvalue weighted by atomic mass is 16.6. The summed E-state index contributed by atoms with van der Waals surface area (Å²) in [5, 5.41) is 16.5. The molecule has 4 unspecified atom stereocenters. The van der Waals surface area contributed by atoms with Gasteiger partial charge in [-0.25, -0.2) is 4.79 Å². The molecule has 1 aliphatic heterocycles. The summed E-state index contributed by atoms with van der Waals surface area (Å²) >= 11 is 0. The molecule has 4 atom stereocenters. The number of carbonyl (C=O) groups excluding carboxylic acids is 4. The number of rotatable bonds is 11. The Morgan fingerprint density at radius 3 is 2.00 bits per heavy atom. The number of ether oxygens (including phenoxy) is 1. The van der Waals surface area contributed by atoms with Gasteiger partial charge in [0, 0.05) is 13.3 Å². The number of amides is 3. The highest BCUT2D eigenvalue weighted by molar-refractivity contribution is 5.96. The van der Waals surface area contributed by atoms with Gasteiger partial charge in [-0.15, -0.1) is 0 Å². The maximum atomic E-state index is 12.4. The Bertz CT molecular complexity index is 643. The van der Waals surface area contributed by atoms with Crippen LogP contribution in [0.25, 0.3) is 0 Å². The van der Waals surface area contributed by atoms with Gasteiger partial charge in [-0.3, -0.25) is 19.2 Å². The van der Waals surface area contributed by atoms with E-state index in [9.17, 15) is 29.1 Å². The van der Waals surface area contributed by atoms with Gasteiger partial charge in [0.05, 0.1) is 6.61 Å². The van der Waals surface area contributed by atoms with E-state index in [0.717, 1.165) is 0 Å². The van der Waals surface area contributed by atoms with Crippen LogP contribution in [0.4, 0.5) is 0 Å². The molecule has 3 amide bonds. The second-order valence-corrected chi connectivity index (χ2v) is 7.66. The zero-order valence-electron chi connectivity index (χ0n) is 16.8. The topological polar surface area (TPSA) is 154 Å². The maximum Gasteiger partial charge on any atom is 0.326 e. The molecule has 0 aromatic rings. The first-order valence-corrected chi connectivity index (χ1v) is 9.13. The van der Waals surface area contributed by atoms with Gasteiger partial charge >= 0.3 is 5.97 Å². The van der Waals surface area contributed by atoms with Gasteiger partial charge in [-0.2, -0.15) is 0 Å². The SMILES string of the molecule is CC(=O)NC(CC(C)C)C(=O)NC(C)C(=O)NC(CC(=O)C1(C)CO1)C(=O)O. The van der Waals surface area contributed by atoms with Crippen LogP contribution >= 0.6 is 0 Å². The average Bonchev–Trinajstić information content (AvgIpc) is 3.31. The predicted molar refractivity (Wildman–Crippen MR) is 98.2 cm³/mol. The van der Waals surface area contributed by atoms with E-state index in [-0.39, 0.29) is 18.4 Å². The van der Waals surface area contributed by atoms with Gasteiger partial charge in [0.25, 0.3) is 0 Å². The molecule has 10 heteroatoms. The molecule has 0 aliphatic carbocycles. The fraction of sp³-hybridized carbons (Fsp3) is 0.722. The third-order valence-corrected chi connectivity index (χ3v) is 4.32. The van der Waals surface area contributed by atoms with Crippen LogP contribution in [0, 0.1) is 5.92 Å². The number of nitrogens with one attached hydrogen (secondary N) is 3. The first-order valence-electron chi connectivity index (χ1n) is 9.13. The molecule has 1 aliphatic rings. The summed E-state index contributed by atoms with van der Waals surface area (Å²) in [5.74, 6) is -3.33. The summed E-state index contributed by atoms with van der Waals surface area (Å²) in [6.07, 6.45) is -0.0370. The molecule has 0 radical (unpaired) electrons. The highest BCUT2D eigenvalue weighted by Crippen LogP contribution is 2.28. The van der Waals surface area contributed by atoms with Crippen molar-refractivity contribution in [3.63, 3.8) is 0 Å². The number of hydrogen-bond donors (Lipinski definition) is 4. The van der Waals surface area contributed by atoms with Crippen LogP contribution in [-0.2, 0) is 28.7 Å². The van der Waals surface area contributed by atoms with Crippen LogP contribution in [0.5, 0.6) is 0 Å². The molecular formula is C18H29N3O7. The summed E-state index contributed by atoms with van der Waals surface area (Å²) < 4.78 is 4.99. The molecular weight excluding hydrogens is 370 g/mol. The highest BCUT2D eigenvalue weighted by Gasteiger charge is 2.48. The number of ketones is 1. The number of epoxide rings is 1. The summed E-state index contributed by atoms with van der Waals surface area (Å²) in [6, 6.07) is -3.29. The second-order valence-electron chi connectivity index (χ2n) is 7.66. The Hall–Kier alpha value is -2.49. The van der Waals surface area contributed by atoms with Crippen molar-refractivity contribution in [3.05, 3.63) is 0 Å². The maximum absolute atomic E-state index is 12.4. The molecule has 0 saturated carbocycles. The van der Waals surface area contributed by atoms with Crippen LogP contribution in [0.2, 0.25) is 0 Å². The van der Waals surface area contributed by atoms with E-state index >= 15 is 0 Å². The zero-order chi connectivity index (χ0) is 21.6. The summed E-state index contributed by atoms with van der Waals surface area (Å²) in [5.41, 5.74) is -0.985. The first-order chi connectivity index (χ1) is 12.9. The third-order valence-electron chi connectivity index (χ3n) is 4.32. The minimum Gasteiger partial charge on any atom is -0.480 e. The minimum atomic E-state index is -1.43. The van der Waals surface area contributed by atoms with E-state index in [1.54, 1.807) is 6.92 Å². The molecule has 0 spiro atoms. The van der Waals surface area contributed by atoms with E-state index in [4.69, 9.17) is 4.74 Å². The number of carboxylic acid groups (broad SMARTS) is 1. The molecule has 1 fully saturated rings. The van der Waals surface area contributed by atoms with Crippen molar-refractivity contribution in [1.29, 1.82) is 0 Å². The van der Waals surface area contributed by atoms with Gasteiger partial charge in [-0.05, 0) is 26.2 Å². The summed E-state index contributed by atoms with van der Waals surface area (Å²) in [7, 11) is 0. The molecule has 1 saturated heterocycles. The van der Waals surface area contributed by atoms with Crippen molar-refractivity contribution in [1.82, 2.24) is 16.0 Å². The molecule has 0 bridgehead atoms. The van der Waals surface area contributed by atoms with Crippen molar-refractivity contribution in [2.75, 3.05) is 6.61 Å². The Labute approximate surface area is 163 Å². The lowest BCUT2D eigenvalue weighted by Crippen LogP contribution is -2.55. The molecule has 1 rings (SSSR count). The van der Waals surface area contributed by atoms with Gasteiger partial charge in [0.15, 0.2) is 5.78 Å². The molecule has 28 heavy (non-hydrogen) atoms. The summed E-state index contributed by atoms with van der Waals surface area (Å²) in [6.45, 7) is 8.22. The van der Waals surface area contributed by atoms with Crippen LogP contribution in [0.1, 0.15) is 47.5 Å². The summed E-state index contributed by atoms with van der Waals surface area (Å²) in [4.78, 5) is 59.3. The minimum absolute atomic E-state index is 0.125. The van der Waals surface area contributed by atoms with Crippen LogP contribution in [-0.4, -0.2) is 64.9 Å². The normalized spacial score (nSPS) is 21.2. The van der Waals surface area contributed by atoms with Crippen LogP contribution < -0.4 is 16.0 Å². The second kappa shape index (κ2) is 9.63. The quantitative estimate of drug-likeness (QED) is 0.337. The van der Waals surface area contributed by atoms with Gasteiger partial charge in [-0.1, -0.05) is 13.8 Å². The number of hydrogen-bond acceptors (Lipinski definition) is 6. The van der Waals surface area contributed by atoms with Crippen molar-refractivity contribution in [2.24, 2.45) is 5.92 Å². The van der Waals surface area contributed by atoms with Crippen LogP contribution in [0.15, 0.2) is 0 Å². The van der Waals surface area contributed by atoms with Crippen molar-refractivity contribution < 1.29 is 33.8 Å². The van der Waals surface area contributed by atoms with Crippen LogP contribution in [0.3, 0.4) is 0 Å². The Balaban J connectivity index is 2.67. The Kier molecular flexibility index (Phi) is 8.10. The van der Waals surface area contributed by atoms with E-state index < -0.39 is 53.7 Å². The number of carbonyl (C=O) groups is 5. The monoisotopic (exact) mass is 399 g/mol. The molecule has 158 valence electrons. The molecule has 0 aromatic carbocycles. The van der Waals surface area contributed by atoms with E-state index in [1.807, 2.05) is 13.8 Å². The lowest BCUT2D eigenvalue weighted by atomic mass is 10.0. The lowest BCUT2D eigenvalue weighted by molar-refractivity contribution is -0.144. The Morgan fingerprint density at radius 2 is 1.57 bits per heavy atom. The predicted octanol–water partition coefficient (Wildman–Crippen LogP) is -0.641. The fourth-order valence-electron chi connectivity index (χ4n) is 2.50. The smallest absolute Gasteiger partial charge is 0.326 e. The molecule has 10 nitrogen and oxygen atoms in total. The van der Waals surface area contributed by atoms with Gasteiger partial charge in [0.1, 0.15) is 23.7 Å². The zero-order valence-corrected chi connectivity index (χ0v) is 16.8. The van der Waals surface area contributed by atoms with Gasteiger partial charge < -0.3 is 25.8 Å². The van der Waals surface area contributed by atoms with Crippen molar-refractivity contribution in [2.45, 2.75) is 71.2 Å². The Morgan fingerprint density at radius 1 is 1.00 bits per heavy atom. The van der Waals surface area contributed by atoms with E-state index in [1.165, 1.54) is 13.8 Å². The molecule has 1 heterocycles. The van der Waals surface area contributed by atoms with E-state index in [2.05, 4.69) is 16.0 Å². The molecule has 4 N–H and O–H groups in total. The first kappa shape index (κ1) is 23.5. The van der Waals surface area contributed by atoms with Crippen molar-refractivity contribution in [3.8, 4) is 0 Å². The average molecular weight is 399 g/mol. The van der Waals surface area contributed by atoms with Crippen molar-refractivity contribution >= 4 is 29.5 Å². The van der Waals surface area contributed by atoms with E-state index in [0.29, 0.717) is 6.42 Å². The standard InChI is InChI=1S/C18H29N3O7/c1-9(2)6-12(20-11(4)22)16(25)19-10(3)15(24)21-13(17(26)27)7-14(23)18(5)8-28-18/h9-10,12-13H,6-8H2,1-5H3,(H,19,25)(H,20,22)(H,21,24)(H,26,27). The largest absolute Gasteiger partial charge is 0.480 e. The lowest BCUT2D eigenvalue weighted by Gasteiger charge is -2.23. The van der Waals surface area contributed by atoms with Gasteiger partial charge in [0.2, 0.25) is 17.7 Å². The number of carboxylic acids is 1. The number of aliphatic carboxylic acids is 1. The number of Topliss-reactive ketones (excluding diaryl/α,β-unsaturated/α-hetero) is 1. The third kappa shape index (κ3) is 7.26.